The number of aromatic hydroxyl groups is 1. The lowest BCUT2D eigenvalue weighted by molar-refractivity contribution is -0.151. The average Bonchev–Trinajstić information content (AvgIpc) is 3.41. The second-order valence-corrected chi connectivity index (χ2v) is 11.8. The van der Waals surface area contributed by atoms with Crippen molar-refractivity contribution in [1.29, 1.82) is 5.26 Å². The molecule has 2 aliphatic rings. The number of thioether (sulfide) groups is 2. The van der Waals surface area contributed by atoms with Crippen LogP contribution in [0.3, 0.4) is 0 Å². The zero-order valence-corrected chi connectivity index (χ0v) is 24.5. The molecule has 0 radical (unpaired) electrons. The van der Waals surface area contributed by atoms with Crippen LogP contribution in [0.5, 0.6) is 5.75 Å². The molecule has 3 atom stereocenters. The summed E-state index contributed by atoms with van der Waals surface area (Å²) in [7, 11) is 1.65. The first-order valence-corrected chi connectivity index (χ1v) is 14.9. The molecule has 3 aromatic rings. The van der Waals surface area contributed by atoms with Gasteiger partial charge in [0.2, 0.25) is 11.1 Å². The standard InChI is InChI=1S/C26H21ClN8O6S2/c1-34-26(31-32-33-34)43-11-14-10-42-24-19(23(39)35(24)20(14)25(40)41)30-22(38)18(12-5-3-2-4-6-12)29-21(37)15-7-13(9-28)16(27)8-17(15)36/h2-8,18-19,24,36H,10-11H2,1H3,(H,29,37)(H,30,38)(H,40,41)/t18-,19?,24-/m0/s1. The van der Waals surface area contributed by atoms with Crippen molar-refractivity contribution < 1.29 is 29.4 Å². The lowest BCUT2D eigenvalue weighted by atomic mass is 10.0. The number of rotatable bonds is 9. The second-order valence-electron chi connectivity index (χ2n) is 9.31. The number of tetrazole rings is 1. The number of carbonyl (C=O) groups is 4. The molecule has 1 unspecified atom stereocenters. The number of amides is 3. The molecule has 1 aromatic heterocycles. The number of aryl methyl sites for hydroxylation is 1. The Morgan fingerprint density at radius 1 is 1.28 bits per heavy atom. The van der Waals surface area contributed by atoms with E-state index in [2.05, 4.69) is 26.2 Å². The maximum Gasteiger partial charge on any atom is 0.352 e. The topological polar surface area (TPSA) is 203 Å². The van der Waals surface area contributed by atoms with Crippen LogP contribution < -0.4 is 10.6 Å². The lowest BCUT2D eigenvalue weighted by Gasteiger charge is -2.49. The van der Waals surface area contributed by atoms with E-state index in [1.165, 1.54) is 28.2 Å². The van der Waals surface area contributed by atoms with Gasteiger partial charge in [0.15, 0.2) is 0 Å². The third-order valence-corrected chi connectivity index (χ3v) is 9.37. The summed E-state index contributed by atoms with van der Waals surface area (Å²) in [5.74, 6) is -3.44. The van der Waals surface area contributed by atoms with Gasteiger partial charge in [-0.1, -0.05) is 53.7 Å². The Labute approximate surface area is 257 Å². The van der Waals surface area contributed by atoms with Gasteiger partial charge in [0.1, 0.15) is 35.0 Å². The Morgan fingerprint density at radius 2 is 2.02 bits per heavy atom. The number of aliphatic carboxylic acids is 1. The zero-order chi connectivity index (χ0) is 30.8. The molecule has 0 aliphatic carbocycles. The molecule has 5 rings (SSSR count). The highest BCUT2D eigenvalue weighted by Crippen LogP contribution is 2.41. The van der Waals surface area contributed by atoms with Crippen molar-refractivity contribution >= 4 is 58.8 Å². The quantitative estimate of drug-likeness (QED) is 0.194. The molecule has 0 saturated carbocycles. The van der Waals surface area contributed by atoms with Gasteiger partial charge < -0.3 is 20.8 Å². The normalized spacial score (nSPS) is 18.3. The Hall–Kier alpha value is -4.59. The molecular weight excluding hydrogens is 620 g/mol. The fourth-order valence-electron chi connectivity index (χ4n) is 4.51. The van der Waals surface area contributed by atoms with E-state index in [4.69, 9.17) is 11.6 Å². The summed E-state index contributed by atoms with van der Waals surface area (Å²) in [6.45, 7) is 0. The van der Waals surface area contributed by atoms with Gasteiger partial charge in [-0.3, -0.25) is 19.3 Å². The number of nitrogens with one attached hydrogen (secondary N) is 2. The molecule has 220 valence electrons. The number of phenols is 1. The summed E-state index contributed by atoms with van der Waals surface area (Å²) >= 11 is 8.46. The number of carboxylic acids is 1. The number of carboxylic acid groups (broad SMARTS) is 1. The van der Waals surface area contributed by atoms with Crippen molar-refractivity contribution in [3.63, 3.8) is 0 Å². The van der Waals surface area contributed by atoms with Gasteiger partial charge in [0, 0.05) is 24.6 Å². The van der Waals surface area contributed by atoms with E-state index in [0.717, 1.165) is 17.0 Å². The van der Waals surface area contributed by atoms with Crippen molar-refractivity contribution in [2.24, 2.45) is 7.05 Å². The van der Waals surface area contributed by atoms with Crippen molar-refractivity contribution in [2.45, 2.75) is 22.6 Å². The maximum atomic E-state index is 13.5. The molecule has 1 saturated heterocycles. The molecular formula is C26H21ClN8O6S2. The van der Waals surface area contributed by atoms with E-state index in [0.29, 0.717) is 16.3 Å². The number of hydrogen-bond donors (Lipinski definition) is 4. The fraction of sp³-hybridized carbons (Fsp3) is 0.231. The number of phenolic OH excluding ortho intramolecular Hbond substituents is 1. The van der Waals surface area contributed by atoms with Gasteiger partial charge in [-0.2, -0.15) is 5.26 Å². The summed E-state index contributed by atoms with van der Waals surface area (Å²) in [4.78, 5) is 53.3. The number of benzene rings is 2. The Morgan fingerprint density at radius 3 is 2.67 bits per heavy atom. The van der Waals surface area contributed by atoms with Gasteiger partial charge in [-0.25, -0.2) is 9.48 Å². The van der Waals surface area contributed by atoms with E-state index in [1.807, 2.05) is 6.07 Å². The van der Waals surface area contributed by atoms with Crippen LogP contribution in [0.2, 0.25) is 5.02 Å². The minimum atomic E-state index is -1.30. The van der Waals surface area contributed by atoms with Crippen LogP contribution in [-0.4, -0.2) is 81.9 Å². The molecule has 4 N–H and O–H groups in total. The molecule has 2 aromatic carbocycles. The third kappa shape index (κ3) is 5.87. The van der Waals surface area contributed by atoms with Crippen molar-refractivity contribution in [2.75, 3.05) is 11.5 Å². The highest BCUT2D eigenvalue weighted by Gasteiger charge is 2.54. The Kier molecular flexibility index (Phi) is 8.57. The highest BCUT2D eigenvalue weighted by molar-refractivity contribution is 8.01. The number of halogens is 1. The first-order chi connectivity index (χ1) is 20.6. The number of β-lactam (4-membered cyclic amide) rings is 1. The highest BCUT2D eigenvalue weighted by atomic mass is 35.5. The number of carbonyl (C=O) groups excluding carboxylic acids is 3. The second kappa shape index (κ2) is 12.3. The van der Waals surface area contributed by atoms with Crippen LogP contribution in [0, 0.1) is 11.3 Å². The van der Waals surface area contributed by atoms with Crippen LogP contribution in [0.25, 0.3) is 0 Å². The van der Waals surface area contributed by atoms with Crippen LogP contribution in [0.1, 0.15) is 27.5 Å². The molecule has 1 fully saturated rings. The van der Waals surface area contributed by atoms with E-state index in [-0.39, 0.29) is 33.4 Å². The maximum absolute atomic E-state index is 13.5. The van der Waals surface area contributed by atoms with Gasteiger partial charge in [-0.05, 0) is 27.6 Å². The number of hydrogen-bond acceptors (Lipinski definition) is 11. The summed E-state index contributed by atoms with van der Waals surface area (Å²) < 4.78 is 1.45. The molecule has 3 heterocycles. The van der Waals surface area contributed by atoms with Crippen LogP contribution in [-0.2, 0) is 21.4 Å². The van der Waals surface area contributed by atoms with E-state index < -0.39 is 46.9 Å². The largest absolute Gasteiger partial charge is 0.507 e. The van der Waals surface area contributed by atoms with Crippen LogP contribution in [0.15, 0.2) is 58.9 Å². The smallest absolute Gasteiger partial charge is 0.352 e. The van der Waals surface area contributed by atoms with E-state index in [1.54, 1.807) is 37.4 Å². The van der Waals surface area contributed by atoms with E-state index >= 15 is 0 Å². The molecule has 14 nitrogen and oxygen atoms in total. The van der Waals surface area contributed by atoms with E-state index in [9.17, 15) is 34.7 Å². The Balaban J connectivity index is 1.34. The number of aromatic nitrogens is 4. The monoisotopic (exact) mass is 640 g/mol. The van der Waals surface area contributed by atoms with Crippen molar-refractivity contribution in [1.82, 2.24) is 35.7 Å². The minimum Gasteiger partial charge on any atom is -0.507 e. The van der Waals surface area contributed by atoms with Crippen molar-refractivity contribution in [3.8, 4) is 11.8 Å². The lowest BCUT2D eigenvalue weighted by Crippen LogP contribution is -2.71. The minimum absolute atomic E-state index is 0.0471. The molecule has 0 bridgehead atoms. The molecule has 17 heteroatoms. The number of nitriles is 1. The average molecular weight is 641 g/mol. The zero-order valence-electron chi connectivity index (χ0n) is 22.1. The molecule has 2 aliphatic heterocycles. The predicted molar refractivity (Wildman–Crippen MR) is 154 cm³/mol. The number of fused-ring (bicyclic) bond motifs is 1. The predicted octanol–water partition coefficient (Wildman–Crippen LogP) is 1.44. The summed E-state index contributed by atoms with van der Waals surface area (Å²) in [6.07, 6.45) is 0. The fourth-order valence-corrected chi connectivity index (χ4v) is 7.05. The number of nitrogens with zero attached hydrogens (tertiary/aromatic N) is 6. The van der Waals surface area contributed by atoms with Gasteiger partial charge in [-0.15, -0.1) is 16.9 Å². The first kappa shape index (κ1) is 29.9. The van der Waals surface area contributed by atoms with Crippen molar-refractivity contribution in [3.05, 3.63) is 75.4 Å². The van der Waals surface area contributed by atoms with Gasteiger partial charge in [0.25, 0.3) is 11.8 Å². The van der Waals surface area contributed by atoms with Crippen LogP contribution in [0.4, 0.5) is 0 Å². The molecule has 0 spiro atoms. The molecule has 3 amide bonds. The summed E-state index contributed by atoms with van der Waals surface area (Å²) in [5.41, 5.74) is 0.413. The molecule has 43 heavy (non-hydrogen) atoms. The SMILES string of the molecule is Cn1nnnc1SCC1=C(C(=O)O)N2C(=O)C(NC(=O)[C@@H](NC(=O)c3cc(C#N)c(Cl)cc3O)c3ccccc3)[C@@H]2SC1. The van der Waals surface area contributed by atoms with Gasteiger partial charge in [0.05, 0.1) is 16.1 Å². The summed E-state index contributed by atoms with van der Waals surface area (Å²) in [5, 5.41) is 45.6. The van der Waals surface area contributed by atoms with Gasteiger partial charge >= 0.3 is 5.97 Å². The Bertz CT molecular complexity index is 1710. The first-order valence-electron chi connectivity index (χ1n) is 12.4. The summed E-state index contributed by atoms with van der Waals surface area (Å²) in [6, 6.07) is 9.85. The van der Waals surface area contributed by atoms with Crippen LogP contribution >= 0.6 is 35.1 Å². The third-order valence-electron chi connectivity index (χ3n) is 6.63.